The number of rotatable bonds is 12. The number of methoxy groups -OCH3 is 1. The van der Waals surface area contributed by atoms with E-state index in [1.807, 2.05) is 50.4 Å². The van der Waals surface area contributed by atoms with Gasteiger partial charge in [0.15, 0.2) is 23.0 Å². The maximum atomic E-state index is 16.2. The monoisotopic (exact) mass is 1000 g/mol. The minimum Gasteiger partial charge on any atom is -0.494 e. The number of hydrogen-bond acceptors (Lipinski definition) is 9. The first kappa shape index (κ1) is 49.2. The Bertz CT molecular complexity index is 3000. The maximum absolute atomic E-state index is 16.2. The lowest BCUT2D eigenvalue weighted by Gasteiger charge is -2.39. The van der Waals surface area contributed by atoms with Crippen LogP contribution in [0.25, 0.3) is 27.6 Å². The van der Waals surface area contributed by atoms with E-state index < -0.39 is 35.1 Å². The number of imide groups is 1. The van der Waals surface area contributed by atoms with Crippen molar-refractivity contribution < 1.29 is 37.4 Å². The van der Waals surface area contributed by atoms with E-state index in [1.165, 1.54) is 41.4 Å². The number of benzene rings is 4. The Labute approximate surface area is 422 Å². The number of nitrogens with zero attached hydrogens (tertiary/aromatic N) is 5. The topological polar surface area (TPSA) is 164 Å². The third-order valence-corrected chi connectivity index (χ3v) is 16.4. The average molecular weight is 1000 g/mol. The minimum absolute atomic E-state index is 0.000695. The summed E-state index contributed by atoms with van der Waals surface area (Å²) in [5.74, 6) is -2.07. The smallest absolute Gasteiger partial charge is 0.329 e. The highest BCUT2D eigenvalue weighted by atomic mass is 35.5. The van der Waals surface area contributed by atoms with Crippen molar-refractivity contribution in [2.45, 2.75) is 82.8 Å². The first-order chi connectivity index (χ1) is 34.6. The number of hydrogen-bond donors (Lipinski definition) is 3. The van der Waals surface area contributed by atoms with Gasteiger partial charge < -0.3 is 25.4 Å². The summed E-state index contributed by atoms with van der Waals surface area (Å²) in [6, 6.07) is 19.5. The largest absolute Gasteiger partial charge is 0.494 e. The molecule has 17 heteroatoms. The number of nitrogens with one attached hydrogen (secondary N) is 2. The van der Waals surface area contributed by atoms with Crippen LogP contribution in [0.15, 0.2) is 72.3 Å². The van der Waals surface area contributed by atoms with Crippen LogP contribution >= 0.6 is 11.6 Å². The lowest BCUT2D eigenvalue weighted by Crippen LogP contribution is -2.49. The molecule has 1 aliphatic carbocycles. The zero-order valence-corrected chi connectivity index (χ0v) is 41.9. The molecule has 0 spiro atoms. The highest BCUT2D eigenvalue weighted by molar-refractivity contribution is 6.34. The van der Waals surface area contributed by atoms with Crippen LogP contribution in [0.4, 0.5) is 19.4 Å². The number of aryl methyl sites for hydroxylation is 1. The molecule has 4 N–H and O–H groups in total. The summed E-state index contributed by atoms with van der Waals surface area (Å²) in [6.45, 7) is 9.16. The molecule has 14 nitrogen and oxygen atoms in total. The number of likely N-dealkylation sites (tertiary alicyclic amines) is 1. The molecule has 2 unspecified atom stereocenters. The molecule has 4 aromatic carbocycles. The number of aromatic nitrogens is 2. The standard InChI is InChI=1S/C55H61ClF2N8O6/c1-31-28-64(22-20-38(31)35-12-15-39-42(26-35)63(3)62-52(39)66-25-21-45(67)61-54(66)70)29-33-18-23-65(24-19-33)53(69)34-10-13-37(14-11-34)60-30-55(36-8-6-5-7-9-36)32(2)46-44(72-55)27-41(57)49(56)48(46)47-40(51(59)68)16-17-43(71-4)50(47)58/h5-9,12,15-17,26-27,32-34,37,60H,10-11,13-14,18-25,28-30H2,1-4H3,(H2,59,68)(H,61,67,70). The van der Waals surface area contributed by atoms with Crippen molar-refractivity contribution in [1.82, 2.24) is 30.2 Å². The van der Waals surface area contributed by atoms with E-state index in [0.717, 1.165) is 99.7 Å². The van der Waals surface area contributed by atoms with Crippen LogP contribution < -0.4 is 30.7 Å². The molecule has 10 rings (SSSR count). The molecule has 5 aromatic rings. The van der Waals surface area contributed by atoms with Gasteiger partial charge in [-0.15, -0.1) is 0 Å². The van der Waals surface area contributed by atoms with Crippen molar-refractivity contribution in [3.63, 3.8) is 0 Å². The number of urea groups is 1. The zero-order chi connectivity index (χ0) is 50.6. The van der Waals surface area contributed by atoms with E-state index in [4.69, 9.17) is 26.8 Å². The van der Waals surface area contributed by atoms with Crippen molar-refractivity contribution in [1.29, 1.82) is 0 Å². The van der Waals surface area contributed by atoms with Crippen molar-refractivity contribution >= 4 is 57.6 Å². The highest BCUT2D eigenvalue weighted by Crippen LogP contribution is 2.56. The van der Waals surface area contributed by atoms with Gasteiger partial charge >= 0.3 is 6.03 Å². The van der Waals surface area contributed by atoms with Gasteiger partial charge in [-0.25, -0.2) is 13.6 Å². The van der Waals surface area contributed by atoms with Crippen molar-refractivity contribution in [2.24, 2.45) is 24.6 Å². The van der Waals surface area contributed by atoms with E-state index in [1.54, 1.807) is 4.68 Å². The summed E-state index contributed by atoms with van der Waals surface area (Å²) in [5.41, 5.74) is 10.3. The van der Waals surface area contributed by atoms with Crippen LogP contribution in [-0.2, 0) is 22.2 Å². The number of amides is 5. The number of primary amides is 1. The van der Waals surface area contributed by atoms with Gasteiger partial charge in [0.2, 0.25) is 17.7 Å². The third-order valence-electron chi connectivity index (χ3n) is 16.1. The number of anilines is 1. The lowest BCUT2D eigenvalue weighted by atomic mass is 9.77. The predicted molar refractivity (Wildman–Crippen MR) is 272 cm³/mol. The second-order valence-electron chi connectivity index (χ2n) is 20.3. The molecule has 3 fully saturated rings. The van der Waals surface area contributed by atoms with Crippen LogP contribution in [0.5, 0.6) is 11.5 Å². The lowest BCUT2D eigenvalue weighted by molar-refractivity contribution is -0.138. The molecular formula is C55H61ClF2N8O6. The van der Waals surface area contributed by atoms with Crippen LogP contribution in [0.3, 0.4) is 0 Å². The molecule has 5 amide bonds. The van der Waals surface area contributed by atoms with Gasteiger partial charge in [0.05, 0.1) is 23.2 Å². The molecule has 378 valence electrons. The van der Waals surface area contributed by atoms with Crippen LogP contribution in [-0.4, -0.2) is 102 Å². The fourth-order valence-corrected chi connectivity index (χ4v) is 12.4. The van der Waals surface area contributed by atoms with Crippen LogP contribution in [0.2, 0.25) is 5.02 Å². The van der Waals surface area contributed by atoms with Gasteiger partial charge in [-0.05, 0) is 98.8 Å². The number of ether oxygens (including phenoxy) is 2. The van der Waals surface area contributed by atoms with Crippen molar-refractivity contribution in [2.75, 3.05) is 57.8 Å². The van der Waals surface area contributed by atoms with Crippen LogP contribution in [0, 0.1) is 23.5 Å². The van der Waals surface area contributed by atoms with Crippen LogP contribution in [0.1, 0.15) is 98.2 Å². The molecule has 5 aliphatic rings. The fraction of sp³-hybridized carbons (Fsp3) is 0.436. The normalized spacial score (nSPS) is 23.1. The Hall–Kier alpha value is -6.36. The van der Waals surface area contributed by atoms with Crippen molar-refractivity contribution in [3.8, 4) is 22.6 Å². The van der Waals surface area contributed by atoms with Gasteiger partial charge in [0.25, 0.3) is 0 Å². The average Bonchev–Trinajstić information content (AvgIpc) is 3.85. The van der Waals surface area contributed by atoms with E-state index in [2.05, 4.69) is 44.6 Å². The molecule has 1 saturated carbocycles. The summed E-state index contributed by atoms with van der Waals surface area (Å²) >= 11 is 6.71. The number of halogens is 3. The van der Waals surface area contributed by atoms with E-state index in [-0.39, 0.29) is 63.4 Å². The Balaban J connectivity index is 0.744. The number of carbonyl (C=O) groups excluding carboxylic acids is 4. The van der Waals surface area contributed by atoms with Gasteiger partial charge in [-0.2, -0.15) is 5.10 Å². The Morgan fingerprint density at radius 1 is 0.958 bits per heavy atom. The first-order valence-electron chi connectivity index (χ1n) is 25.1. The van der Waals surface area contributed by atoms with Crippen molar-refractivity contribution in [3.05, 3.63) is 111 Å². The molecule has 1 aromatic heterocycles. The SMILES string of the molecule is COc1ccc(C(N)=O)c(-c2c(Cl)c(F)cc3c2C(C)C(CNC2CCC(C(=O)N4CCC(CN5CCC(c6ccc7c(N8CCC(=O)NC8=O)nn(C)c7c6)=C(C)C5)CC4)CC2)(c2ccccc2)O3)c1F. The second-order valence-corrected chi connectivity index (χ2v) is 20.7. The maximum Gasteiger partial charge on any atom is 0.329 e. The Kier molecular flexibility index (Phi) is 13.6. The number of nitrogens with two attached hydrogens (primary N) is 1. The van der Waals surface area contributed by atoms with Gasteiger partial charge in [-0.3, -0.25) is 34.2 Å². The van der Waals surface area contributed by atoms with Gasteiger partial charge in [0, 0.05) is 105 Å². The number of fused-ring (bicyclic) bond motifs is 2. The highest BCUT2D eigenvalue weighted by Gasteiger charge is 2.50. The molecule has 72 heavy (non-hydrogen) atoms. The number of carbonyl (C=O) groups is 4. The van der Waals surface area contributed by atoms with E-state index in [9.17, 15) is 19.2 Å². The molecule has 2 saturated heterocycles. The molecule has 4 aliphatic heterocycles. The molecule has 0 radical (unpaired) electrons. The molecular weight excluding hydrogens is 942 g/mol. The second kappa shape index (κ2) is 19.9. The van der Waals surface area contributed by atoms with E-state index >= 15 is 8.78 Å². The Morgan fingerprint density at radius 2 is 1.71 bits per heavy atom. The molecule has 0 bridgehead atoms. The van der Waals surface area contributed by atoms with Gasteiger partial charge in [-0.1, -0.05) is 60.5 Å². The minimum atomic E-state index is -1.07. The van der Waals surface area contributed by atoms with Gasteiger partial charge in [0.1, 0.15) is 11.6 Å². The number of piperidine rings is 1. The molecule has 5 heterocycles. The molecule has 2 atom stereocenters. The fourth-order valence-electron chi connectivity index (χ4n) is 12.1. The summed E-state index contributed by atoms with van der Waals surface area (Å²) < 4.78 is 45.9. The Morgan fingerprint density at radius 3 is 2.40 bits per heavy atom. The summed E-state index contributed by atoms with van der Waals surface area (Å²) in [6.07, 6.45) is 6.23. The quantitative estimate of drug-likeness (QED) is 0.111. The summed E-state index contributed by atoms with van der Waals surface area (Å²) in [4.78, 5) is 57.2. The summed E-state index contributed by atoms with van der Waals surface area (Å²) in [7, 11) is 3.18. The first-order valence-corrected chi connectivity index (χ1v) is 25.5. The zero-order valence-electron chi connectivity index (χ0n) is 41.2. The van der Waals surface area contributed by atoms with E-state index in [0.29, 0.717) is 30.4 Å². The third kappa shape index (κ3) is 8.99. The summed E-state index contributed by atoms with van der Waals surface area (Å²) in [5, 5.41) is 11.3. The predicted octanol–water partition coefficient (Wildman–Crippen LogP) is 8.68.